The monoisotopic (exact) mass is 394 g/mol. The van der Waals surface area contributed by atoms with Gasteiger partial charge in [-0.25, -0.2) is 8.42 Å². The molecule has 1 atom stereocenters. The van der Waals surface area contributed by atoms with Crippen LogP contribution in [0.25, 0.3) is 0 Å². The molecule has 0 aliphatic heterocycles. The molecule has 0 spiro atoms. The van der Waals surface area contributed by atoms with Crippen LogP contribution in [-0.4, -0.2) is 19.5 Å². The molecule has 0 bridgehead atoms. The third-order valence-corrected chi connectivity index (χ3v) is 6.47. The highest BCUT2D eigenvalue weighted by Gasteiger charge is 2.26. The quantitative estimate of drug-likeness (QED) is 0.339. The average Bonchev–Trinajstić information content (AvgIpc) is 2.54. The molecule has 1 aromatic carbocycles. The van der Waals surface area contributed by atoms with Crippen LogP contribution in [0.3, 0.4) is 0 Å². The molecular weight excluding hydrogens is 364 g/mol. The SMILES string of the molecule is C=C(CCCl)CC(/C=C(\C)CCC=C(C)C)S(=O)(=O)c1ccc(C)cc1. The van der Waals surface area contributed by atoms with Gasteiger partial charge in [-0.3, -0.25) is 0 Å². The molecule has 144 valence electrons. The second kappa shape index (κ2) is 10.7. The molecule has 1 unspecified atom stereocenters. The van der Waals surface area contributed by atoms with Gasteiger partial charge in [-0.15, -0.1) is 11.6 Å². The van der Waals surface area contributed by atoms with Crippen LogP contribution in [0.2, 0.25) is 0 Å². The number of aryl methyl sites for hydroxylation is 1. The van der Waals surface area contributed by atoms with Crippen molar-refractivity contribution in [2.75, 3.05) is 5.88 Å². The van der Waals surface area contributed by atoms with Crippen molar-refractivity contribution in [3.63, 3.8) is 0 Å². The molecule has 0 radical (unpaired) electrons. The second-order valence-corrected chi connectivity index (χ2v) is 9.67. The van der Waals surface area contributed by atoms with E-state index in [1.165, 1.54) is 5.57 Å². The van der Waals surface area contributed by atoms with Gasteiger partial charge < -0.3 is 0 Å². The zero-order chi connectivity index (χ0) is 19.7. The van der Waals surface area contributed by atoms with E-state index in [0.717, 1.165) is 29.6 Å². The van der Waals surface area contributed by atoms with Crippen molar-refractivity contribution in [2.24, 2.45) is 0 Å². The van der Waals surface area contributed by atoms with Gasteiger partial charge >= 0.3 is 0 Å². The Hall–Kier alpha value is -1.32. The smallest absolute Gasteiger partial charge is 0.185 e. The lowest BCUT2D eigenvalue weighted by atomic mass is 10.1. The molecule has 0 saturated heterocycles. The van der Waals surface area contributed by atoms with Crippen LogP contribution in [0.1, 0.15) is 52.0 Å². The predicted molar refractivity (Wildman–Crippen MR) is 114 cm³/mol. The van der Waals surface area contributed by atoms with Crippen LogP contribution in [-0.2, 0) is 9.84 Å². The molecule has 2 nitrogen and oxygen atoms in total. The normalized spacial score (nSPS) is 13.3. The summed E-state index contributed by atoms with van der Waals surface area (Å²) >= 11 is 5.80. The number of allylic oxidation sites excluding steroid dienone is 4. The number of rotatable bonds is 10. The summed E-state index contributed by atoms with van der Waals surface area (Å²) in [6.07, 6.45) is 6.88. The van der Waals surface area contributed by atoms with Crippen molar-refractivity contribution >= 4 is 21.4 Å². The van der Waals surface area contributed by atoms with Crippen LogP contribution < -0.4 is 0 Å². The zero-order valence-electron chi connectivity index (χ0n) is 16.4. The summed E-state index contributed by atoms with van der Waals surface area (Å²) in [7, 11) is -3.46. The molecule has 0 amide bonds. The summed E-state index contributed by atoms with van der Waals surface area (Å²) in [4.78, 5) is 0.361. The van der Waals surface area contributed by atoms with Crippen molar-refractivity contribution in [1.29, 1.82) is 0 Å². The van der Waals surface area contributed by atoms with E-state index in [4.69, 9.17) is 11.6 Å². The summed E-state index contributed by atoms with van der Waals surface area (Å²) in [5.41, 5.74) is 4.27. The summed E-state index contributed by atoms with van der Waals surface area (Å²) < 4.78 is 26.3. The van der Waals surface area contributed by atoms with Gasteiger partial charge in [0.15, 0.2) is 9.84 Å². The minimum Gasteiger partial charge on any atom is -0.223 e. The van der Waals surface area contributed by atoms with Gasteiger partial charge in [-0.1, -0.05) is 53.1 Å². The summed E-state index contributed by atoms with van der Waals surface area (Å²) in [5.74, 6) is 0.458. The van der Waals surface area contributed by atoms with Crippen molar-refractivity contribution in [3.05, 3.63) is 65.3 Å². The Morgan fingerprint density at radius 2 is 1.77 bits per heavy atom. The molecular formula is C22H31ClO2S. The molecule has 1 aromatic rings. The molecule has 0 saturated carbocycles. The lowest BCUT2D eigenvalue weighted by Gasteiger charge is -2.17. The Balaban J connectivity index is 3.12. The fraction of sp³-hybridized carbons (Fsp3) is 0.455. The predicted octanol–water partition coefficient (Wildman–Crippen LogP) is 6.41. The number of sulfone groups is 1. The van der Waals surface area contributed by atoms with Gasteiger partial charge in [0.2, 0.25) is 0 Å². The largest absolute Gasteiger partial charge is 0.223 e. The van der Waals surface area contributed by atoms with E-state index >= 15 is 0 Å². The highest BCUT2D eigenvalue weighted by atomic mass is 35.5. The Morgan fingerprint density at radius 3 is 2.31 bits per heavy atom. The highest BCUT2D eigenvalue weighted by molar-refractivity contribution is 7.92. The first-order chi connectivity index (χ1) is 12.2. The lowest BCUT2D eigenvalue weighted by molar-refractivity contribution is 0.586. The van der Waals surface area contributed by atoms with Crippen molar-refractivity contribution in [1.82, 2.24) is 0 Å². The van der Waals surface area contributed by atoms with E-state index < -0.39 is 15.1 Å². The van der Waals surface area contributed by atoms with Crippen molar-refractivity contribution in [2.45, 2.75) is 63.5 Å². The van der Waals surface area contributed by atoms with Crippen LogP contribution >= 0.6 is 11.6 Å². The van der Waals surface area contributed by atoms with E-state index in [9.17, 15) is 8.42 Å². The fourth-order valence-electron chi connectivity index (χ4n) is 2.67. The van der Waals surface area contributed by atoms with Crippen LogP contribution in [0.15, 0.2) is 64.6 Å². The summed E-state index contributed by atoms with van der Waals surface area (Å²) in [6.45, 7) is 12.1. The minimum atomic E-state index is -3.46. The van der Waals surface area contributed by atoms with E-state index in [1.54, 1.807) is 12.1 Å². The fourth-order valence-corrected chi connectivity index (χ4v) is 4.67. The van der Waals surface area contributed by atoms with Crippen molar-refractivity contribution < 1.29 is 8.42 Å². The second-order valence-electron chi connectivity index (χ2n) is 7.12. The van der Waals surface area contributed by atoms with Gasteiger partial charge in [-0.2, -0.15) is 0 Å². The molecule has 0 aliphatic rings. The molecule has 0 fully saturated rings. The maximum atomic E-state index is 13.2. The van der Waals surface area contributed by atoms with Crippen LogP contribution in [0, 0.1) is 6.92 Å². The Bertz CT molecular complexity index is 752. The van der Waals surface area contributed by atoms with Crippen LogP contribution in [0.4, 0.5) is 0 Å². The maximum Gasteiger partial charge on any atom is 0.185 e. The van der Waals surface area contributed by atoms with Gasteiger partial charge in [0.25, 0.3) is 0 Å². The average molecular weight is 395 g/mol. The standard InChI is InChI=1S/C22H31ClO2S/c1-17(2)7-6-8-19(4)15-22(16-20(5)13-14-23)26(24,25)21-11-9-18(3)10-12-21/h7,9-12,15,22H,5-6,8,13-14,16H2,1-4H3/b19-15+. The van der Waals surface area contributed by atoms with Crippen molar-refractivity contribution in [3.8, 4) is 0 Å². The van der Waals surface area contributed by atoms with E-state index in [0.29, 0.717) is 23.6 Å². The Morgan fingerprint density at radius 1 is 1.15 bits per heavy atom. The van der Waals surface area contributed by atoms with Crippen LogP contribution in [0.5, 0.6) is 0 Å². The first kappa shape index (κ1) is 22.7. The number of hydrogen-bond acceptors (Lipinski definition) is 2. The number of benzene rings is 1. The number of halogens is 1. The Labute approximate surface area is 164 Å². The Kier molecular flexibility index (Phi) is 9.38. The maximum absolute atomic E-state index is 13.2. The minimum absolute atomic E-state index is 0.361. The summed E-state index contributed by atoms with van der Waals surface area (Å²) in [5, 5.41) is -0.604. The zero-order valence-corrected chi connectivity index (χ0v) is 18.0. The molecule has 0 N–H and O–H groups in total. The van der Waals surface area contributed by atoms with E-state index in [-0.39, 0.29) is 0 Å². The van der Waals surface area contributed by atoms with E-state index in [2.05, 4.69) is 26.5 Å². The van der Waals surface area contributed by atoms with Gasteiger partial charge in [0, 0.05) is 5.88 Å². The number of hydrogen-bond donors (Lipinski definition) is 0. The lowest BCUT2D eigenvalue weighted by Crippen LogP contribution is -2.21. The molecule has 4 heteroatoms. The third-order valence-electron chi connectivity index (χ3n) is 4.25. The first-order valence-electron chi connectivity index (χ1n) is 9.00. The summed E-state index contributed by atoms with van der Waals surface area (Å²) in [6, 6.07) is 7.05. The molecule has 0 heterocycles. The number of alkyl halides is 1. The first-order valence-corrected chi connectivity index (χ1v) is 11.1. The molecule has 0 aliphatic carbocycles. The van der Waals surface area contributed by atoms with Gasteiger partial charge in [0.1, 0.15) is 0 Å². The third kappa shape index (κ3) is 7.51. The van der Waals surface area contributed by atoms with Gasteiger partial charge in [-0.05, 0) is 65.5 Å². The van der Waals surface area contributed by atoms with E-state index in [1.807, 2.05) is 32.1 Å². The highest BCUT2D eigenvalue weighted by Crippen LogP contribution is 2.25. The molecule has 26 heavy (non-hydrogen) atoms. The molecule has 1 rings (SSSR count). The molecule has 0 aromatic heterocycles. The topological polar surface area (TPSA) is 34.1 Å². The van der Waals surface area contributed by atoms with Gasteiger partial charge in [0.05, 0.1) is 10.1 Å².